The Labute approximate surface area is 174 Å². The van der Waals surface area contributed by atoms with Gasteiger partial charge in [0, 0.05) is 35.1 Å². The van der Waals surface area contributed by atoms with E-state index in [1.807, 2.05) is 53.1 Å². The molecule has 1 aliphatic heterocycles. The Kier molecular flexibility index (Phi) is 4.24. The minimum absolute atomic E-state index is 0.0255. The highest BCUT2D eigenvalue weighted by Gasteiger charge is 2.25. The van der Waals surface area contributed by atoms with Crippen LogP contribution in [0.15, 0.2) is 48.5 Å². The van der Waals surface area contributed by atoms with E-state index in [0.29, 0.717) is 17.8 Å². The van der Waals surface area contributed by atoms with E-state index in [0.717, 1.165) is 27.8 Å². The van der Waals surface area contributed by atoms with Crippen molar-refractivity contribution >= 4 is 33.6 Å². The zero-order valence-electron chi connectivity index (χ0n) is 17.3. The fraction of sp³-hybridized carbons (Fsp3) is 0.292. The van der Waals surface area contributed by atoms with Crippen LogP contribution in [0.5, 0.6) is 0 Å². The molecule has 1 aliphatic rings. The lowest BCUT2D eigenvalue weighted by molar-refractivity contribution is 0.0918. The normalized spacial score (nSPS) is 16.3. The molecule has 1 atom stereocenters. The van der Waals surface area contributed by atoms with Crippen LogP contribution in [0.25, 0.3) is 21.9 Å². The Hall–Kier alpha value is -3.41. The lowest BCUT2D eigenvalue weighted by Gasteiger charge is -2.24. The molecule has 6 nitrogen and oxygen atoms in total. The van der Waals surface area contributed by atoms with Crippen molar-refractivity contribution in [2.75, 3.05) is 6.54 Å². The van der Waals surface area contributed by atoms with Crippen LogP contribution in [-0.4, -0.2) is 32.4 Å². The Morgan fingerprint density at radius 2 is 1.97 bits per heavy atom. The number of fused-ring (bicyclic) bond motifs is 4. The van der Waals surface area contributed by atoms with Gasteiger partial charge in [0.25, 0.3) is 5.91 Å². The Morgan fingerprint density at radius 1 is 1.17 bits per heavy atom. The van der Waals surface area contributed by atoms with E-state index in [-0.39, 0.29) is 30.2 Å². The zero-order valence-corrected chi connectivity index (χ0v) is 17.3. The molecular formula is C24H24N4O2. The molecular weight excluding hydrogens is 376 g/mol. The molecule has 0 bridgehead atoms. The predicted molar refractivity (Wildman–Crippen MR) is 117 cm³/mol. The summed E-state index contributed by atoms with van der Waals surface area (Å²) in [5.74, 6) is 0.738. The van der Waals surface area contributed by atoms with Gasteiger partial charge in [0.1, 0.15) is 11.5 Å². The fourth-order valence-corrected chi connectivity index (χ4v) is 4.51. The summed E-state index contributed by atoms with van der Waals surface area (Å²) in [5.41, 5.74) is 4.17. The van der Waals surface area contributed by atoms with Gasteiger partial charge < -0.3 is 14.5 Å². The molecule has 4 aromatic rings. The fourth-order valence-electron chi connectivity index (χ4n) is 4.51. The van der Waals surface area contributed by atoms with E-state index in [9.17, 15) is 9.59 Å². The molecule has 0 saturated carbocycles. The number of nitrogens with zero attached hydrogens (tertiary/aromatic N) is 3. The molecule has 2 aromatic heterocycles. The Balaban J connectivity index is 1.55. The number of amides is 1. The topological polar surface area (TPSA) is 68.9 Å². The largest absolute Gasteiger partial charge is 0.349 e. The molecule has 152 valence electrons. The molecule has 6 heteroatoms. The SMILES string of the molecule is CC(C)n1c(CC(=O)c2ccc3cc4n(c3c2)[C@@H](C)CNC4=O)nc2ccccc21. The van der Waals surface area contributed by atoms with Crippen LogP contribution in [0.2, 0.25) is 0 Å². The second-order valence-corrected chi connectivity index (χ2v) is 8.31. The Bertz CT molecular complexity index is 1310. The third-order valence-corrected chi connectivity index (χ3v) is 5.90. The number of hydrogen-bond acceptors (Lipinski definition) is 3. The number of carbonyl (C=O) groups excluding carboxylic acids is 2. The highest BCUT2D eigenvalue weighted by molar-refractivity contribution is 6.03. The van der Waals surface area contributed by atoms with E-state index in [1.54, 1.807) is 0 Å². The summed E-state index contributed by atoms with van der Waals surface area (Å²) in [5, 5.41) is 3.88. The molecule has 5 rings (SSSR count). The third kappa shape index (κ3) is 2.83. The second kappa shape index (κ2) is 6.83. The molecule has 0 spiro atoms. The second-order valence-electron chi connectivity index (χ2n) is 8.31. The van der Waals surface area contributed by atoms with E-state index in [2.05, 4.69) is 30.7 Å². The Morgan fingerprint density at radius 3 is 2.77 bits per heavy atom. The molecule has 1 amide bonds. The van der Waals surface area contributed by atoms with Crippen LogP contribution >= 0.6 is 0 Å². The number of rotatable bonds is 4. The van der Waals surface area contributed by atoms with Crippen LogP contribution in [-0.2, 0) is 6.42 Å². The summed E-state index contributed by atoms with van der Waals surface area (Å²) in [6, 6.07) is 15.9. The molecule has 0 aliphatic carbocycles. The number of carbonyl (C=O) groups is 2. The van der Waals surface area contributed by atoms with E-state index in [4.69, 9.17) is 4.98 Å². The first-order valence-electron chi connectivity index (χ1n) is 10.4. The maximum absolute atomic E-state index is 13.2. The number of aromatic nitrogens is 3. The van der Waals surface area contributed by atoms with Crippen molar-refractivity contribution in [1.82, 2.24) is 19.4 Å². The van der Waals surface area contributed by atoms with Crippen LogP contribution in [0.3, 0.4) is 0 Å². The molecule has 0 unspecified atom stereocenters. The number of nitrogens with one attached hydrogen (secondary N) is 1. The van der Waals surface area contributed by atoms with Crippen molar-refractivity contribution < 1.29 is 9.59 Å². The first-order chi connectivity index (χ1) is 14.4. The molecule has 2 aromatic carbocycles. The number of ketones is 1. The van der Waals surface area contributed by atoms with E-state index in [1.165, 1.54) is 0 Å². The van der Waals surface area contributed by atoms with Gasteiger partial charge in [0.2, 0.25) is 0 Å². The van der Waals surface area contributed by atoms with Gasteiger partial charge in [0.15, 0.2) is 5.78 Å². The van der Waals surface area contributed by atoms with Gasteiger partial charge >= 0.3 is 0 Å². The average Bonchev–Trinajstić information content (AvgIpc) is 3.29. The zero-order chi connectivity index (χ0) is 21.0. The highest BCUT2D eigenvalue weighted by atomic mass is 16.2. The van der Waals surface area contributed by atoms with Gasteiger partial charge in [-0.05, 0) is 45.0 Å². The molecule has 0 radical (unpaired) electrons. The summed E-state index contributed by atoms with van der Waals surface area (Å²) in [4.78, 5) is 30.2. The molecule has 0 fully saturated rings. The molecule has 0 saturated heterocycles. The van der Waals surface area contributed by atoms with Gasteiger partial charge in [-0.25, -0.2) is 4.98 Å². The maximum atomic E-state index is 13.2. The summed E-state index contributed by atoms with van der Waals surface area (Å²) in [7, 11) is 0. The molecule has 1 N–H and O–H groups in total. The van der Waals surface area contributed by atoms with Crippen molar-refractivity contribution in [2.45, 2.75) is 39.3 Å². The quantitative estimate of drug-likeness (QED) is 0.519. The first kappa shape index (κ1) is 18.6. The number of imidazole rings is 1. The number of benzene rings is 2. The number of hydrogen-bond donors (Lipinski definition) is 1. The summed E-state index contributed by atoms with van der Waals surface area (Å²) in [6.45, 7) is 6.87. The van der Waals surface area contributed by atoms with Gasteiger partial charge in [-0.2, -0.15) is 0 Å². The van der Waals surface area contributed by atoms with Crippen LogP contribution in [0.1, 0.15) is 59.5 Å². The lowest BCUT2D eigenvalue weighted by atomic mass is 10.1. The van der Waals surface area contributed by atoms with Gasteiger partial charge in [0.05, 0.1) is 17.5 Å². The van der Waals surface area contributed by atoms with Gasteiger partial charge in [-0.1, -0.05) is 24.3 Å². The van der Waals surface area contributed by atoms with Crippen molar-refractivity contribution in [1.29, 1.82) is 0 Å². The maximum Gasteiger partial charge on any atom is 0.268 e. The van der Waals surface area contributed by atoms with E-state index < -0.39 is 0 Å². The minimum Gasteiger partial charge on any atom is -0.349 e. The van der Waals surface area contributed by atoms with Gasteiger partial charge in [-0.3, -0.25) is 9.59 Å². The minimum atomic E-state index is -0.0668. The van der Waals surface area contributed by atoms with Crippen LogP contribution in [0, 0.1) is 0 Å². The monoisotopic (exact) mass is 400 g/mol. The third-order valence-electron chi connectivity index (χ3n) is 5.90. The smallest absolute Gasteiger partial charge is 0.268 e. The van der Waals surface area contributed by atoms with Gasteiger partial charge in [-0.15, -0.1) is 0 Å². The number of Topliss-reactive ketones (excluding diaryl/α,β-unsaturated/α-hetero) is 1. The summed E-state index contributed by atoms with van der Waals surface area (Å²) >= 11 is 0. The van der Waals surface area contributed by atoms with Crippen molar-refractivity contribution in [3.63, 3.8) is 0 Å². The van der Waals surface area contributed by atoms with Crippen LogP contribution < -0.4 is 5.32 Å². The standard InChI is InChI=1S/C24H24N4O2/c1-14(2)27-19-7-5-4-6-18(19)26-23(27)12-22(29)17-9-8-16-10-21-24(30)25-13-15(3)28(21)20(16)11-17/h4-11,14-15H,12-13H2,1-3H3,(H,25,30)/t15-/m0/s1. The first-order valence-corrected chi connectivity index (χ1v) is 10.4. The average molecular weight is 400 g/mol. The van der Waals surface area contributed by atoms with Crippen molar-refractivity contribution in [3.05, 3.63) is 65.6 Å². The molecule has 30 heavy (non-hydrogen) atoms. The predicted octanol–water partition coefficient (Wildman–Crippen LogP) is 4.30. The summed E-state index contributed by atoms with van der Waals surface area (Å²) < 4.78 is 4.17. The van der Waals surface area contributed by atoms with Crippen molar-refractivity contribution in [3.8, 4) is 0 Å². The highest BCUT2D eigenvalue weighted by Crippen LogP contribution is 2.28. The van der Waals surface area contributed by atoms with Crippen LogP contribution in [0.4, 0.5) is 0 Å². The molecule has 3 heterocycles. The number of para-hydroxylation sites is 2. The van der Waals surface area contributed by atoms with E-state index >= 15 is 0 Å². The lowest BCUT2D eigenvalue weighted by Crippen LogP contribution is -2.37. The summed E-state index contributed by atoms with van der Waals surface area (Å²) in [6.07, 6.45) is 0.238. The van der Waals surface area contributed by atoms with Crippen molar-refractivity contribution in [2.24, 2.45) is 0 Å².